The number of hydrogen-bond donors (Lipinski definition) is 1. The fourth-order valence-corrected chi connectivity index (χ4v) is 1.60. The van der Waals surface area contributed by atoms with E-state index in [1.807, 2.05) is 0 Å². The molecule has 2 nitrogen and oxygen atoms in total. The maximum atomic E-state index is 12.9. The van der Waals surface area contributed by atoms with Crippen LogP contribution in [0.15, 0.2) is 24.3 Å². The van der Waals surface area contributed by atoms with Crippen LogP contribution in [-0.2, 0) is 0 Å². The fourth-order valence-electron chi connectivity index (χ4n) is 1.60. The SMILES string of the molecule is CCCNC(c1cccc(OC(F)(F)F)c1)C(F)(F)F. The summed E-state index contributed by atoms with van der Waals surface area (Å²) in [6.07, 6.45) is -9.08. The van der Waals surface area contributed by atoms with Gasteiger partial charge in [-0.05, 0) is 30.7 Å². The molecule has 8 heteroatoms. The number of nitrogens with one attached hydrogen (secondary N) is 1. The van der Waals surface area contributed by atoms with E-state index in [1.54, 1.807) is 6.92 Å². The van der Waals surface area contributed by atoms with E-state index >= 15 is 0 Å². The highest BCUT2D eigenvalue weighted by Crippen LogP contribution is 2.34. The third-order valence-electron chi connectivity index (χ3n) is 2.35. The number of rotatable bonds is 5. The Morgan fingerprint density at radius 2 is 1.80 bits per heavy atom. The summed E-state index contributed by atoms with van der Waals surface area (Å²) in [7, 11) is 0. The van der Waals surface area contributed by atoms with Gasteiger partial charge < -0.3 is 10.1 Å². The van der Waals surface area contributed by atoms with Crippen molar-refractivity contribution in [1.82, 2.24) is 5.32 Å². The molecule has 1 aromatic rings. The van der Waals surface area contributed by atoms with Crippen LogP contribution >= 0.6 is 0 Å². The number of ether oxygens (including phenoxy) is 1. The molecular formula is C12H13F6NO. The molecule has 0 aliphatic heterocycles. The van der Waals surface area contributed by atoms with Crippen LogP contribution in [0.1, 0.15) is 24.9 Å². The van der Waals surface area contributed by atoms with Gasteiger partial charge in [0.25, 0.3) is 0 Å². The van der Waals surface area contributed by atoms with E-state index in [9.17, 15) is 26.3 Å². The van der Waals surface area contributed by atoms with Gasteiger partial charge in [-0.3, -0.25) is 0 Å². The first-order chi connectivity index (χ1) is 9.13. The second-order valence-corrected chi connectivity index (χ2v) is 4.05. The molecule has 114 valence electrons. The van der Waals surface area contributed by atoms with Crippen LogP contribution in [0.2, 0.25) is 0 Å². The topological polar surface area (TPSA) is 21.3 Å². The summed E-state index contributed by atoms with van der Waals surface area (Å²) in [5, 5.41) is 2.25. The molecule has 0 radical (unpaired) electrons. The molecule has 0 amide bonds. The summed E-state index contributed by atoms with van der Waals surface area (Å²) in [6.45, 7) is 1.78. The molecule has 1 N–H and O–H groups in total. The number of benzene rings is 1. The van der Waals surface area contributed by atoms with Crippen LogP contribution in [0.3, 0.4) is 0 Å². The van der Waals surface area contributed by atoms with Gasteiger partial charge in [0, 0.05) is 0 Å². The highest BCUT2D eigenvalue weighted by molar-refractivity contribution is 5.31. The van der Waals surface area contributed by atoms with Gasteiger partial charge in [0.2, 0.25) is 0 Å². The monoisotopic (exact) mass is 301 g/mol. The molecule has 0 fully saturated rings. The number of alkyl halides is 6. The standard InChI is InChI=1S/C12H13F6NO/c1-2-6-19-10(11(13,14)15)8-4-3-5-9(7-8)20-12(16,17)18/h3-5,7,10,19H,2,6H2,1H3. The predicted octanol–water partition coefficient (Wildman–Crippen LogP) is 4.19. The lowest BCUT2D eigenvalue weighted by Crippen LogP contribution is -2.34. The third kappa shape index (κ3) is 5.28. The van der Waals surface area contributed by atoms with E-state index in [0.717, 1.165) is 24.3 Å². The minimum atomic E-state index is -4.94. The Morgan fingerprint density at radius 3 is 2.30 bits per heavy atom. The summed E-state index contributed by atoms with van der Waals surface area (Å²) in [5.74, 6) is -0.678. The molecule has 20 heavy (non-hydrogen) atoms. The Labute approximate surface area is 111 Å². The minimum Gasteiger partial charge on any atom is -0.406 e. The first kappa shape index (κ1) is 16.6. The first-order valence-electron chi connectivity index (χ1n) is 5.79. The Kier molecular flexibility index (Phi) is 5.27. The minimum absolute atomic E-state index is 0.0918. The van der Waals surface area contributed by atoms with E-state index in [0.29, 0.717) is 6.42 Å². The lowest BCUT2D eigenvalue weighted by atomic mass is 10.1. The van der Waals surface area contributed by atoms with Gasteiger partial charge in [0.1, 0.15) is 11.8 Å². The Hall–Kier alpha value is -1.44. The van der Waals surface area contributed by atoms with Crippen molar-refractivity contribution in [1.29, 1.82) is 0 Å². The molecule has 0 bridgehead atoms. The van der Waals surface area contributed by atoms with Gasteiger partial charge in [0.15, 0.2) is 0 Å². The van der Waals surface area contributed by atoms with E-state index in [-0.39, 0.29) is 12.1 Å². The molecular weight excluding hydrogens is 288 g/mol. The summed E-state index contributed by atoms with van der Waals surface area (Å²) in [4.78, 5) is 0. The smallest absolute Gasteiger partial charge is 0.406 e. The highest BCUT2D eigenvalue weighted by Gasteiger charge is 2.40. The fraction of sp³-hybridized carbons (Fsp3) is 0.500. The van der Waals surface area contributed by atoms with E-state index in [4.69, 9.17) is 0 Å². The average Bonchev–Trinajstić information content (AvgIpc) is 2.26. The van der Waals surface area contributed by atoms with Crippen molar-refractivity contribution in [3.05, 3.63) is 29.8 Å². The summed E-state index contributed by atoms with van der Waals surface area (Å²) in [6, 6.07) is 1.84. The lowest BCUT2D eigenvalue weighted by Gasteiger charge is -2.22. The van der Waals surface area contributed by atoms with E-state index in [2.05, 4.69) is 10.1 Å². The second-order valence-electron chi connectivity index (χ2n) is 4.05. The molecule has 0 aliphatic rings. The van der Waals surface area contributed by atoms with Crippen molar-refractivity contribution in [2.45, 2.75) is 31.9 Å². The van der Waals surface area contributed by atoms with Crippen LogP contribution in [0.25, 0.3) is 0 Å². The maximum absolute atomic E-state index is 12.9. The number of halogens is 6. The van der Waals surface area contributed by atoms with Crippen LogP contribution in [0.4, 0.5) is 26.3 Å². The van der Waals surface area contributed by atoms with Gasteiger partial charge >= 0.3 is 12.5 Å². The van der Waals surface area contributed by atoms with E-state index < -0.39 is 24.3 Å². The Bertz CT molecular complexity index is 429. The molecule has 0 aromatic heterocycles. The van der Waals surface area contributed by atoms with Crippen molar-refractivity contribution in [3.63, 3.8) is 0 Å². The van der Waals surface area contributed by atoms with Crippen molar-refractivity contribution < 1.29 is 31.1 Å². The zero-order chi connectivity index (χ0) is 15.4. The van der Waals surface area contributed by atoms with Gasteiger partial charge in [-0.15, -0.1) is 13.2 Å². The van der Waals surface area contributed by atoms with Crippen molar-refractivity contribution >= 4 is 0 Å². The number of hydrogen-bond acceptors (Lipinski definition) is 2. The largest absolute Gasteiger partial charge is 0.573 e. The molecule has 0 saturated carbocycles. The third-order valence-corrected chi connectivity index (χ3v) is 2.35. The van der Waals surface area contributed by atoms with Crippen LogP contribution < -0.4 is 10.1 Å². The van der Waals surface area contributed by atoms with Crippen LogP contribution in [0.5, 0.6) is 5.75 Å². The molecule has 1 atom stereocenters. The molecule has 1 unspecified atom stereocenters. The second kappa shape index (κ2) is 6.34. The van der Waals surface area contributed by atoms with Gasteiger partial charge in [-0.1, -0.05) is 19.1 Å². The molecule has 0 spiro atoms. The van der Waals surface area contributed by atoms with Gasteiger partial charge in [-0.2, -0.15) is 13.2 Å². The molecule has 0 saturated heterocycles. The Morgan fingerprint density at radius 1 is 1.15 bits per heavy atom. The van der Waals surface area contributed by atoms with Crippen molar-refractivity contribution in [2.24, 2.45) is 0 Å². The maximum Gasteiger partial charge on any atom is 0.573 e. The average molecular weight is 301 g/mol. The van der Waals surface area contributed by atoms with Crippen LogP contribution in [0, 0.1) is 0 Å². The van der Waals surface area contributed by atoms with Gasteiger partial charge in [0.05, 0.1) is 0 Å². The molecule has 1 aromatic carbocycles. The molecule has 0 heterocycles. The quantitative estimate of drug-likeness (QED) is 0.823. The lowest BCUT2D eigenvalue weighted by molar-refractivity contribution is -0.274. The van der Waals surface area contributed by atoms with Gasteiger partial charge in [-0.25, -0.2) is 0 Å². The molecule has 1 rings (SSSR count). The summed E-state index contributed by atoms with van der Waals surface area (Å²) < 4.78 is 78.4. The first-order valence-corrected chi connectivity index (χ1v) is 5.79. The zero-order valence-corrected chi connectivity index (χ0v) is 10.5. The Balaban J connectivity index is 2.99. The summed E-state index contributed by atoms with van der Waals surface area (Å²) >= 11 is 0. The highest BCUT2D eigenvalue weighted by atomic mass is 19.4. The summed E-state index contributed by atoms with van der Waals surface area (Å²) in [5.41, 5.74) is -0.326. The van der Waals surface area contributed by atoms with Crippen molar-refractivity contribution in [3.8, 4) is 5.75 Å². The zero-order valence-electron chi connectivity index (χ0n) is 10.5. The predicted molar refractivity (Wildman–Crippen MR) is 60.2 cm³/mol. The normalized spacial score (nSPS) is 14.2. The van der Waals surface area contributed by atoms with Crippen molar-refractivity contribution in [2.75, 3.05) is 6.54 Å². The van der Waals surface area contributed by atoms with E-state index in [1.165, 1.54) is 0 Å². The van der Waals surface area contributed by atoms with Crippen LogP contribution in [-0.4, -0.2) is 19.1 Å². The molecule has 0 aliphatic carbocycles.